The van der Waals surface area contributed by atoms with Gasteiger partial charge >= 0.3 is 0 Å². The summed E-state index contributed by atoms with van der Waals surface area (Å²) in [6.07, 6.45) is 0.608. The zero-order chi connectivity index (χ0) is 12.3. The molecule has 1 heterocycles. The first-order chi connectivity index (χ1) is 8.28. The molecule has 0 bridgehead atoms. The Kier molecular flexibility index (Phi) is 3.09. The van der Waals surface area contributed by atoms with Crippen molar-refractivity contribution in [2.24, 2.45) is 0 Å². The molecule has 2 rings (SSSR count). The van der Waals surface area contributed by atoms with Crippen molar-refractivity contribution in [3.8, 4) is 22.8 Å². The van der Waals surface area contributed by atoms with Crippen molar-refractivity contribution in [1.29, 1.82) is 0 Å². The molecule has 0 saturated carbocycles. The van der Waals surface area contributed by atoms with E-state index in [2.05, 4.69) is 5.16 Å². The van der Waals surface area contributed by atoms with Gasteiger partial charge in [0.2, 0.25) is 0 Å². The van der Waals surface area contributed by atoms with E-state index in [1.807, 2.05) is 6.07 Å². The lowest BCUT2D eigenvalue weighted by molar-refractivity contribution is 0.109. The van der Waals surface area contributed by atoms with Crippen molar-refractivity contribution in [3.63, 3.8) is 0 Å². The quantitative estimate of drug-likeness (QED) is 0.757. The van der Waals surface area contributed by atoms with E-state index in [0.29, 0.717) is 23.5 Å². The molecule has 0 aliphatic heterocycles. The highest BCUT2D eigenvalue weighted by atomic mass is 16.5. The number of carbonyl (C=O) groups excluding carboxylic acids is 1. The van der Waals surface area contributed by atoms with E-state index < -0.39 is 0 Å². The number of nitrogens with zero attached hydrogens (tertiary/aromatic N) is 1. The van der Waals surface area contributed by atoms with Gasteiger partial charge < -0.3 is 14.0 Å². The molecule has 0 radical (unpaired) electrons. The van der Waals surface area contributed by atoms with E-state index in [1.165, 1.54) is 0 Å². The lowest BCUT2D eigenvalue weighted by Crippen LogP contribution is -1.90. The summed E-state index contributed by atoms with van der Waals surface area (Å²) >= 11 is 0. The Morgan fingerprint density at radius 1 is 1.18 bits per heavy atom. The summed E-state index contributed by atoms with van der Waals surface area (Å²) in [5, 5.41) is 3.79. The molecule has 0 unspecified atom stereocenters. The van der Waals surface area contributed by atoms with Gasteiger partial charge in [-0.3, -0.25) is 4.79 Å². The molecule has 0 saturated heterocycles. The average Bonchev–Trinajstić information content (AvgIpc) is 2.86. The van der Waals surface area contributed by atoms with E-state index in [0.717, 1.165) is 5.56 Å². The Balaban J connectivity index is 2.42. The Morgan fingerprint density at radius 3 is 2.53 bits per heavy atom. The van der Waals surface area contributed by atoms with E-state index in [1.54, 1.807) is 32.4 Å². The zero-order valence-corrected chi connectivity index (χ0v) is 9.47. The van der Waals surface area contributed by atoms with E-state index in [9.17, 15) is 4.79 Å². The van der Waals surface area contributed by atoms with Crippen molar-refractivity contribution >= 4 is 6.29 Å². The number of hydrogen-bond acceptors (Lipinski definition) is 5. The van der Waals surface area contributed by atoms with Crippen LogP contribution in [-0.4, -0.2) is 25.7 Å². The Morgan fingerprint density at radius 2 is 1.94 bits per heavy atom. The third kappa shape index (κ3) is 2.13. The van der Waals surface area contributed by atoms with Crippen molar-refractivity contribution < 1.29 is 18.8 Å². The molecule has 0 atom stereocenters. The number of methoxy groups -OCH3 is 2. The van der Waals surface area contributed by atoms with Crippen molar-refractivity contribution in [1.82, 2.24) is 5.16 Å². The van der Waals surface area contributed by atoms with Crippen LogP contribution in [0.15, 0.2) is 28.8 Å². The third-order valence-corrected chi connectivity index (χ3v) is 2.32. The summed E-state index contributed by atoms with van der Waals surface area (Å²) in [5.74, 6) is 1.42. The fourth-order valence-corrected chi connectivity index (χ4v) is 1.48. The van der Waals surface area contributed by atoms with E-state index >= 15 is 0 Å². The van der Waals surface area contributed by atoms with Gasteiger partial charge in [-0.1, -0.05) is 5.16 Å². The molecule has 1 aromatic heterocycles. The van der Waals surface area contributed by atoms with Crippen LogP contribution in [0.5, 0.6) is 11.5 Å². The predicted molar refractivity (Wildman–Crippen MR) is 60.4 cm³/mol. The van der Waals surface area contributed by atoms with Gasteiger partial charge in [0.05, 0.1) is 14.2 Å². The fourth-order valence-electron chi connectivity index (χ4n) is 1.48. The summed E-state index contributed by atoms with van der Waals surface area (Å²) in [6, 6.07) is 6.91. The number of carbonyl (C=O) groups is 1. The van der Waals surface area contributed by atoms with Crippen LogP contribution in [0.2, 0.25) is 0 Å². The van der Waals surface area contributed by atoms with Crippen LogP contribution in [0.3, 0.4) is 0 Å². The minimum Gasteiger partial charge on any atom is -0.493 e. The molecule has 0 amide bonds. The molecule has 5 nitrogen and oxygen atoms in total. The first-order valence-electron chi connectivity index (χ1n) is 4.92. The number of ether oxygens (including phenoxy) is 2. The lowest BCUT2D eigenvalue weighted by atomic mass is 10.1. The monoisotopic (exact) mass is 233 g/mol. The Labute approximate surface area is 97.9 Å². The molecule has 0 aliphatic carbocycles. The molecule has 2 aromatic rings. The largest absolute Gasteiger partial charge is 0.493 e. The summed E-state index contributed by atoms with van der Waals surface area (Å²) in [7, 11) is 3.12. The normalized spacial score (nSPS) is 10.0. The van der Waals surface area contributed by atoms with Crippen LogP contribution in [0.4, 0.5) is 0 Å². The molecular formula is C12H11NO4. The molecule has 0 aliphatic rings. The fraction of sp³-hybridized carbons (Fsp3) is 0.167. The maximum absolute atomic E-state index is 10.5. The predicted octanol–water partition coefficient (Wildman–Crippen LogP) is 2.17. The molecule has 0 N–H and O–H groups in total. The zero-order valence-electron chi connectivity index (χ0n) is 9.47. The van der Waals surface area contributed by atoms with Crippen LogP contribution >= 0.6 is 0 Å². The maximum Gasteiger partial charge on any atom is 0.199 e. The van der Waals surface area contributed by atoms with Gasteiger partial charge in [0, 0.05) is 11.6 Å². The van der Waals surface area contributed by atoms with Gasteiger partial charge in [-0.2, -0.15) is 0 Å². The molecule has 0 fully saturated rings. The second-order valence-corrected chi connectivity index (χ2v) is 3.30. The van der Waals surface area contributed by atoms with Gasteiger partial charge in [0.15, 0.2) is 23.5 Å². The number of hydrogen-bond donors (Lipinski definition) is 0. The number of aromatic nitrogens is 1. The van der Waals surface area contributed by atoms with Crippen molar-refractivity contribution in [2.75, 3.05) is 14.2 Å². The second kappa shape index (κ2) is 4.69. The highest BCUT2D eigenvalue weighted by Crippen LogP contribution is 2.31. The maximum atomic E-state index is 10.5. The summed E-state index contributed by atoms with van der Waals surface area (Å²) in [5.41, 5.74) is 1.37. The van der Waals surface area contributed by atoms with Crippen LogP contribution in [0, 0.1) is 0 Å². The Hall–Kier alpha value is -2.30. The first-order valence-corrected chi connectivity index (χ1v) is 4.92. The average molecular weight is 233 g/mol. The topological polar surface area (TPSA) is 61.6 Å². The number of benzene rings is 1. The molecule has 1 aromatic carbocycles. The highest BCUT2D eigenvalue weighted by Gasteiger charge is 2.09. The summed E-state index contributed by atoms with van der Waals surface area (Å²) < 4.78 is 15.1. The van der Waals surface area contributed by atoms with E-state index in [4.69, 9.17) is 14.0 Å². The van der Waals surface area contributed by atoms with Gasteiger partial charge in [-0.05, 0) is 18.2 Å². The standard InChI is InChI=1S/C12H11NO4/c1-15-11-4-3-8(5-12(11)16-2)10-6-9(7-14)17-13-10/h3-7H,1-2H3. The third-order valence-electron chi connectivity index (χ3n) is 2.32. The minimum atomic E-state index is 0.190. The molecule has 88 valence electrons. The van der Waals surface area contributed by atoms with Gasteiger partial charge in [0.25, 0.3) is 0 Å². The van der Waals surface area contributed by atoms with Crippen molar-refractivity contribution in [2.45, 2.75) is 0 Å². The van der Waals surface area contributed by atoms with Gasteiger partial charge in [-0.25, -0.2) is 0 Å². The molecule has 5 heteroatoms. The highest BCUT2D eigenvalue weighted by molar-refractivity contribution is 5.74. The summed E-state index contributed by atoms with van der Waals surface area (Å²) in [6.45, 7) is 0. The number of rotatable bonds is 4. The SMILES string of the molecule is COc1ccc(-c2cc(C=O)on2)cc1OC. The number of aldehydes is 1. The van der Waals surface area contributed by atoms with Crippen LogP contribution in [0.1, 0.15) is 10.6 Å². The molecular weight excluding hydrogens is 222 g/mol. The van der Waals surface area contributed by atoms with E-state index in [-0.39, 0.29) is 5.76 Å². The van der Waals surface area contributed by atoms with Gasteiger partial charge in [0.1, 0.15) is 5.69 Å². The lowest BCUT2D eigenvalue weighted by Gasteiger charge is -2.07. The summed E-state index contributed by atoms with van der Waals surface area (Å²) in [4.78, 5) is 10.5. The smallest absolute Gasteiger partial charge is 0.199 e. The molecule has 17 heavy (non-hydrogen) atoms. The Bertz CT molecular complexity index is 533. The second-order valence-electron chi connectivity index (χ2n) is 3.30. The van der Waals surface area contributed by atoms with Gasteiger partial charge in [-0.15, -0.1) is 0 Å². The van der Waals surface area contributed by atoms with Crippen molar-refractivity contribution in [3.05, 3.63) is 30.0 Å². The minimum absolute atomic E-state index is 0.190. The first kappa shape index (κ1) is 11.2. The van der Waals surface area contributed by atoms with Crippen LogP contribution in [-0.2, 0) is 0 Å². The van der Waals surface area contributed by atoms with Crippen LogP contribution < -0.4 is 9.47 Å². The van der Waals surface area contributed by atoms with Crippen LogP contribution in [0.25, 0.3) is 11.3 Å². The molecule has 0 spiro atoms.